The molecule has 110 valence electrons. The Morgan fingerprint density at radius 1 is 1.19 bits per heavy atom. The molecular weight excluding hydrogens is 258 g/mol. The van der Waals surface area contributed by atoms with Gasteiger partial charge < -0.3 is 5.32 Å². The first kappa shape index (κ1) is 13.2. The Kier molecular flexibility index (Phi) is 3.40. The second-order valence-electron chi connectivity index (χ2n) is 6.66. The third kappa shape index (κ3) is 2.68. The fourth-order valence-corrected chi connectivity index (χ4v) is 4.05. The number of hydrogen-bond donors (Lipinski definition) is 1. The highest BCUT2D eigenvalue weighted by molar-refractivity contribution is 5.78. The quantitative estimate of drug-likeness (QED) is 0.917. The lowest BCUT2D eigenvalue weighted by Crippen LogP contribution is -2.58. The Morgan fingerprint density at radius 2 is 2.10 bits per heavy atom. The van der Waals surface area contributed by atoms with E-state index in [1.54, 1.807) is 0 Å². The zero-order valence-corrected chi connectivity index (χ0v) is 12.5. The van der Waals surface area contributed by atoms with E-state index >= 15 is 0 Å². The Hall–Kier alpha value is -1.45. The van der Waals surface area contributed by atoms with Gasteiger partial charge in [-0.15, -0.1) is 0 Å². The van der Waals surface area contributed by atoms with Gasteiger partial charge in [-0.05, 0) is 36.6 Å². The molecule has 1 saturated heterocycles. The van der Waals surface area contributed by atoms with Crippen molar-refractivity contribution in [1.29, 1.82) is 0 Å². The third-order valence-electron chi connectivity index (χ3n) is 5.09. The molecule has 2 aromatic rings. The monoisotopic (exact) mass is 281 g/mol. The summed E-state index contributed by atoms with van der Waals surface area (Å²) in [6.45, 7) is 4.56. The topological polar surface area (TPSA) is 28.2 Å². The van der Waals surface area contributed by atoms with E-state index in [9.17, 15) is 0 Å². The molecule has 1 aliphatic carbocycles. The van der Waals surface area contributed by atoms with E-state index in [1.165, 1.54) is 43.2 Å². The van der Waals surface area contributed by atoms with Gasteiger partial charge in [0.25, 0.3) is 0 Å². The molecule has 4 rings (SSSR count). The van der Waals surface area contributed by atoms with Crippen LogP contribution in [-0.4, -0.2) is 35.1 Å². The molecule has 0 radical (unpaired) electrons. The molecule has 1 N–H and O–H groups in total. The van der Waals surface area contributed by atoms with Crippen molar-refractivity contribution in [3.8, 4) is 0 Å². The van der Waals surface area contributed by atoms with Crippen LogP contribution in [0.3, 0.4) is 0 Å². The van der Waals surface area contributed by atoms with Gasteiger partial charge in [-0.3, -0.25) is 9.88 Å². The van der Waals surface area contributed by atoms with Crippen molar-refractivity contribution in [3.63, 3.8) is 0 Å². The highest BCUT2D eigenvalue weighted by Gasteiger charge is 2.37. The predicted molar refractivity (Wildman–Crippen MR) is 86.2 cm³/mol. The fraction of sp³-hybridized carbons (Fsp3) is 0.500. The van der Waals surface area contributed by atoms with Gasteiger partial charge >= 0.3 is 0 Å². The molecule has 1 aliphatic heterocycles. The minimum atomic E-state index is 0.413. The number of fused-ring (bicyclic) bond motifs is 1. The zero-order valence-electron chi connectivity index (χ0n) is 12.5. The molecular formula is C18H23N3. The third-order valence-corrected chi connectivity index (χ3v) is 5.09. The van der Waals surface area contributed by atoms with Crippen LogP contribution in [0.15, 0.2) is 36.5 Å². The highest BCUT2D eigenvalue weighted by atomic mass is 15.2. The Balaban J connectivity index is 1.51. The summed E-state index contributed by atoms with van der Waals surface area (Å²) in [5, 5.41) is 5.04. The van der Waals surface area contributed by atoms with Crippen molar-refractivity contribution in [1.82, 2.24) is 15.2 Å². The number of rotatable bonds is 2. The zero-order chi connectivity index (χ0) is 14.1. The molecule has 2 aliphatic rings. The van der Waals surface area contributed by atoms with Crippen LogP contribution >= 0.6 is 0 Å². The maximum absolute atomic E-state index is 4.40. The summed E-state index contributed by atoms with van der Waals surface area (Å²) >= 11 is 0. The number of nitrogens with zero attached hydrogens (tertiary/aromatic N) is 2. The average molecular weight is 281 g/mol. The number of nitrogens with one attached hydrogen (secondary N) is 1. The largest absolute Gasteiger partial charge is 0.309 e. The summed E-state index contributed by atoms with van der Waals surface area (Å²) in [4.78, 5) is 7.03. The summed E-state index contributed by atoms with van der Waals surface area (Å²) in [5.41, 5.74) is 2.91. The van der Waals surface area contributed by atoms with Gasteiger partial charge in [-0.2, -0.15) is 0 Å². The van der Waals surface area contributed by atoms with Crippen LogP contribution in [0, 0.1) is 0 Å². The summed E-state index contributed by atoms with van der Waals surface area (Å²) in [7, 11) is 0. The number of hydrogen-bond acceptors (Lipinski definition) is 3. The van der Waals surface area contributed by atoms with Crippen molar-refractivity contribution >= 4 is 10.9 Å². The summed E-state index contributed by atoms with van der Waals surface area (Å²) in [6, 6.07) is 10.9. The highest BCUT2D eigenvalue weighted by Crippen LogP contribution is 2.32. The van der Waals surface area contributed by atoms with Crippen molar-refractivity contribution in [2.75, 3.05) is 19.6 Å². The van der Waals surface area contributed by atoms with Crippen LogP contribution in [0.2, 0.25) is 0 Å². The lowest BCUT2D eigenvalue weighted by Gasteiger charge is -2.41. The SMILES string of the molecule is c1cnc2ccc(CN3CCNC4(CCCC4)C3)cc2c1. The van der Waals surface area contributed by atoms with Gasteiger partial charge in [0, 0.05) is 43.3 Å². The summed E-state index contributed by atoms with van der Waals surface area (Å²) < 4.78 is 0. The van der Waals surface area contributed by atoms with Crippen LogP contribution in [-0.2, 0) is 6.54 Å². The molecule has 1 aromatic carbocycles. The molecule has 3 heteroatoms. The Bertz CT molecular complexity index is 631. The molecule has 0 unspecified atom stereocenters. The first-order valence-electron chi connectivity index (χ1n) is 8.14. The second kappa shape index (κ2) is 5.39. The number of aromatic nitrogens is 1. The first-order chi connectivity index (χ1) is 10.3. The molecule has 1 saturated carbocycles. The smallest absolute Gasteiger partial charge is 0.0702 e. The van der Waals surface area contributed by atoms with E-state index in [2.05, 4.69) is 39.5 Å². The standard InChI is InChI=1S/C18H23N3/c1-2-8-18(7-1)14-21(11-10-20-18)13-15-5-6-17-16(12-15)4-3-9-19-17/h3-6,9,12,20H,1-2,7-8,10-11,13-14H2. The first-order valence-corrected chi connectivity index (χ1v) is 8.14. The van der Waals surface area contributed by atoms with Crippen LogP contribution in [0.25, 0.3) is 10.9 Å². The average Bonchev–Trinajstić information content (AvgIpc) is 2.95. The molecule has 2 fully saturated rings. The maximum Gasteiger partial charge on any atom is 0.0702 e. The van der Waals surface area contributed by atoms with Crippen LogP contribution in [0.1, 0.15) is 31.2 Å². The Labute approximate surface area is 126 Å². The van der Waals surface area contributed by atoms with E-state index in [1.807, 2.05) is 12.3 Å². The van der Waals surface area contributed by atoms with Crippen LogP contribution in [0.5, 0.6) is 0 Å². The number of pyridine rings is 1. The van der Waals surface area contributed by atoms with Crippen molar-refractivity contribution in [2.45, 2.75) is 37.8 Å². The predicted octanol–water partition coefficient (Wildman–Crippen LogP) is 2.95. The molecule has 0 atom stereocenters. The van der Waals surface area contributed by atoms with E-state index in [-0.39, 0.29) is 0 Å². The normalized spacial score (nSPS) is 22.1. The van der Waals surface area contributed by atoms with E-state index < -0.39 is 0 Å². The van der Waals surface area contributed by atoms with Gasteiger partial charge in [0.2, 0.25) is 0 Å². The number of benzene rings is 1. The lowest BCUT2D eigenvalue weighted by atomic mass is 9.94. The van der Waals surface area contributed by atoms with Gasteiger partial charge in [0.1, 0.15) is 0 Å². The van der Waals surface area contributed by atoms with Gasteiger partial charge in [0.15, 0.2) is 0 Å². The van der Waals surface area contributed by atoms with Crippen molar-refractivity contribution < 1.29 is 0 Å². The van der Waals surface area contributed by atoms with Crippen LogP contribution < -0.4 is 5.32 Å². The molecule has 0 bridgehead atoms. The second-order valence-corrected chi connectivity index (χ2v) is 6.66. The van der Waals surface area contributed by atoms with E-state index in [0.717, 1.165) is 25.2 Å². The summed E-state index contributed by atoms with van der Waals surface area (Å²) in [6.07, 6.45) is 7.35. The van der Waals surface area contributed by atoms with E-state index in [4.69, 9.17) is 0 Å². The van der Waals surface area contributed by atoms with Crippen molar-refractivity contribution in [3.05, 3.63) is 42.1 Å². The minimum absolute atomic E-state index is 0.413. The van der Waals surface area contributed by atoms with E-state index in [0.29, 0.717) is 5.54 Å². The molecule has 1 aromatic heterocycles. The lowest BCUT2D eigenvalue weighted by molar-refractivity contribution is 0.129. The maximum atomic E-state index is 4.40. The molecule has 1 spiro atoms. The van der Waals surface area contributed by atoms with Crippen molar-refractivity contribution in [2.24, 2.45) is 0 Å². The molecule has 0 amide bonds. The van der Waals surface area contributed by atoms with Crippen LogP contribution in [0.4, 0.5) is 0 Å². The minimum Gasteiger partial charge on any atom is -0.309 e. The molecule has 21 heavy (non-hydrogen) atoms. The number of piperazine rings is 1. The Morgan fingerprint density at radius 3 is 3.00 bits per heavy atom. The van der Waals surface area contributed by atoms with Gasteiger partial charge in [-0.1, -0.05) is 25.0 Å². The van der Waals surface area contributed by atoms with Gasteiger partial charge in [0.05, 0.1) is 5.52 Å². The van der Waals surface area contributed by atoms with Gasteiger partial charge in [-0.25, -0.2) is 0 Å². The molecule has 2 heterocycles. The molecule has 3 nitrogen and oxygen atoms in total. The summed E-state index contributed by atoms with van der Waals surface area (Å²) in [5.74, 6) is 0. The fourth-order valence-electron chi connectivity index (χ4n) is 4.05.